The van der Waals surface area contributed by atoms with Crippen molar-refractivity contribution in [2.24, 2.45) is 0 Å². The Balaban J connectivity index is 1.82. The minimum absolute atomic E-state index is 0.101. The number of nitrogens with zero attached hydrogens (tertiary/aromatic N) is 6. The van der Waals surface area contributed by atoms with E-state index in [9.17, 15) is 12.8 Å². The second kappa shape index (κ2) is 8.58. The van der Waals surface area contributed by atoms with Gasteiger partial charge in [-0.3, -0.25) is 0 Å². The molecule has 2 heterocycles. The normalized spacial score (nSPS) is 16.1. The van der Waals surface area contributed by atoms with Gasteiger partial charge >= 0.3 is 0 Å². The van der Waals surface area contributed by atoms with Crippen LogP contribution >= 0.6 is 0 Å². The zero-order chi connectivity index (χ0) is 21.2. The smallest absolute Gasteiger partial charge is 0.243 e. The summed E-state index contributed by atoms with van der Waals surface area (Å²) in [5.74, 6) is 1.54. The molecule has 0 amide bonds. The van der Waals surface area contributed by atoms with Gasteiger partial charge in [0.15, 0.2) is 0 Å². The zero-order valence-electron chi connectivity index (χ0n) is 17.2. The number of sulfonamides is 1. The van der Waals surface area contributed by atoms with Gasteiger partial charge in [0.1, 0.15) is 11.6 Å². The van der Waals surface area contributed by atoms with E-state index < -0.39 is 15.8 Å². The highest BCUT2D eigenvalue weighted by Crippen LogP contribution is 2.22. The Morgan fingerprint density at radius 2 is 1.69 bits per heavy atom. The molecule has 158 valence electrons. The van der Waals surface area contributed by atoms with Crippen LogP contribution in [0.4, 0.5) is 16.3 Å². The Hall–Kier alpha value is -2.33. The molecule has 0 spiro atoms. The summed E-state index contributed by atoms with van der Waals surface area (Å²) in [6.45, 7) is 5.85. The van der Waals surface area contributed by atoms with E-state index in [1.807, 2.05) is 37.7 Å². The Bertz CT molecular complexity index is 923. The maximum absolute atomic E-state index is 13.2. The fraction of sp³-hybridized carbons (Fsp3) is 0.526. The van der Waals surface area contributed by atoms with Crippen molar-refractivity contribution in [2.45, 2.75) is 31.1 Å². The maximum atomic E-state index is 13.2. The summed E-state index contributed by atoms with van der Waals surface area (Å²) in [7, 11) is 0.0829. The van der Waals surface area contributed by atoms with Crippen LogP contribution < -0.4 is 9.80 Å². The quantitative estimate of drug-likeness (QED) is 0.730. The molecule has 29 heavy (non-hydrogen) atoms. The first kappa shape index (κ1) is 21.4. The molecule has 10 heteroatoms. The molecule has 1 fully saturated rings. The van der Waals surface area contributed by atoms with E-state index in [1.165, 1.54) is 16.4 Å². The Kier molecular flexibility index (Phi) is 6.33. The van der Waals surface area contributed by atoms with Crippen LogP contribution in [0.1, 0.15) is 32.0 Å². The van der Waals surface area contributed by atoms with Gasteiger partial charge in [0.2, 0.25) is 21.9 Å². The molecule has 0 N–H and O–H groups in total. The van der Waals surface area contributed by atoms with Crippen molar-refractivity contribution in [3.63, 3.8) is 0 Å². The van der Waals surface area contributed by atoms with Crippen LogP contribution in [0.25, 0.3) is 0 Å². The summed E-state index contributed by atoms with van der Waals surface area (Å²) < 4.78 is 40.4. The molecule has 0 atom stereocenters. The zero-order valence-corrected chi connectivity index (χ0v) is 18.0. The van der Waals surface area contributed by atoms with Crippen molar-refractivity contribution in [2.75, 3.05) is 50.1 Å². The maximum Gasteiger partial charge on any atom is 0.243 e. The van der Waals surface area contributed by atoms with Crippen molar-refractivity contribution in [1.82, 2.24) is 19.3 Å². The van der Waals surface area contributed by atoms with Crippen LogP contribution in [0.15, 0.2) is 29.2 Å². The Morgan fingerprint density at radius 3 is 2.31 bits per heavy atom. The number of anilines is 2. The van der Waals surface area contributed by atoms with Gasteiger partial charge in [-0.05, 0) is 30.7 Å². The molecular weight excluding hydrogens is 395 g/mol. The Morgan fingerprint density at radius 1 is 1.00 bits per heavy atom. The summed E-state index contributed by atoms with van der Waals surface area (Å²) in [4.78, 5) is 17.6. The molecule has 0 bridgehead atoms. The van der Waals surface area contributed by atoms with Crippen molar-refractivity contribution >= 4 is 21.9 Å². The molecule has 1 aliphatic heterocycles. The monoisotopic (exact) mass is 422 g/mol. The molecule has 0 unspecified atom stereocenters. The lowest BCUT2D eigenvalue weighted by Gasteiger charge is -2.23. The first-order valence-corrected chi connectivity index (χ1v) is 11.1. The number of rotatable bonds is 5. The average Bonchev–Trinajstić information content (AvgIpc) is 2.94. The number of hydrogen-bond donors (Lipinski definition) is 0. The first-order valence-electron chi connectivity index (χ1n) is 9.62. The van der Waals surface area contributed by atoms with Crippen LogP contribution in [0.5, 0.6) is 0 Å². The van der Waals surface area contributed by atoms with E-state index >= 15 is 0 Å². The largest absolute Gasteiger partial charge is 0.347 e. The summed E-state index contributed by atoms with van der Waals surface area (Å²) in [5.41, 5.74) is 0. The van der Waals surface area contributed by atoms with Crippen LogP contribution in [-0.4, -0.2) is 67.9 Å². The highest BCUT2D eigenvalue weighted by Gasteiger charge is 2.28. The molecule has 0 aliphatic carbocycles. The lowest BCUT2D eigenvalue weighted by atomic mass is 10.2. The van der Waals surface area contributed by atoms with Gasteiger partial charge in [-0.2, -0.15) is 19.3 Å². The van der Waals surface area contributed by atoms with Gasteiger partial charge in [-0.1, -0.05) is 13.8 Å². The molecule has 1 aliphatic rings. The lowest BCUT2D eigenvalue weighted by Crippen LogP contribution is -2.36. The van der Waals surface area contributed by atoms with Crippen LogP contribution in [0, 0.1) is 5.82 Å². The van der Waals surface area contributed by atoms with Crippen LogP contribution in [-0.2, 0) is 10.0 Å². The van der Waals surface area contributed by atoms with Gasteiger partial charge in [-0.25, -0.2) is 12.8 Å². The van der Waals surface area contributed by atoms with E-state index in [4.69, 9.17) is 0 Å². The third-order valence-electron chi connectivity index (χ3n) is 4.73. The topological polar surface area (TPSA) is 82.5 Å². The molecule has 0 radical (unpaired) electrons. The number of halogens is 1. The molecule has 1 saturated heterocycles. The highest BCUT2D eigenvalue weighted by molar-refractivity contribution is 7.89. The number of hydrogen-bond acceptors (Lipinski definition) is 7. The molecular formula is C19H27FN6O2S. The molecule has 1 aromatic carbocycles. The summed E-state index contributed by atoms with van der Waals surface area (Å²) >= 11 is 0. The first-order chi connectivity index (χ1) is 13.7. The van der Waals surface area contributed by atoms with E-state index in [1.54, 1.807) is 0 Å². The second-order valence-electron chi connectivity index (χ2n) is 7.54. The van der Waals surface area contributed by atoms with Crippen molar-refractivity contribution in [3.05, 3.63) is 35.9 Å². The van der Waals surface area contributed by atoms with E-state index in [-0.39, 0.29) is 10.8 Å². The van der Waals surface area contributed by atoms with E-state index in [0.29, 0.717) is 50.3 Å². The average molecular weight is 423 g/mol. The van der Waals surface area contributed by atoms with Crippen LogP contribution in [0.2, 0.25) is 0 Å². The van der Waals surface area contributed by atoms with Gasteiger partial charge in [0, 0.05) is 46.2 Å². The summed E-state index contributed by atoms with van der Waals surface area (Å²) in [5, 5.41) is 0. The fourth-order valence-corrected chi connectivity index (χ4v) is 4.53. The van der Waals surface area contributed by atoms with Crippen LogP contribution in [0.3, 0.4) is 0 Å². The predicted molar refractivity (Wildman–Crippen MR) is 110 cm³/mol. The van der Waals surface area contributed by atoms with Gasteiger partial charge < -0.3 is 9.80 Å². The SMILES string of the molecule is CC(C)c1nc(N(C)C)nc(N2CCCN(S(=O)(=O)c3ccc(F)cc3)CC2)n1. The van der Waals surface area contributed by atoms with Crippen molar-refractivity contribution in [3.8, 4) is 0 Å². The van der Waals surface area contributed by atoms with Gasteiger partial charge in [-0.15, -0.1) is 0 Å². The number of benzene rings is 1. The lowest BCUT2D eigenvalue weighted by molar-refractivity contribution is 0.433. The third kappa shape index (κ3) is 4.81. The highest BCUT2D eigenvalue weighted by atomic mass is 32.2. The number of aromatic nitrogens is 3. The molecule has 3 rings (SSSR count). The molecule has 8 nitrogen and oxygen atoms in total. The summed E-state index contributed by atoms with van der Waals surface area (Å²) in [6, 6.07) is 4.94. The van der Waals surface area contributed by atoms with Gasteiger partial charge in [0.05, 0.1) is 4.90 Å². The van der Waals surface area contributed by atoms with Gasteiger partial charge in [0.25, 0.3) is 0 Å². The molecule has 0 saturated carbocycles. The standard InChI is InChI=1S/C19H27FN6O2S/c1-14(2)17-21-18(24(3)4)23-19(22-17)25-10-5-11-26(13-12-25)29(27,28)16-8-6-15(20)7-9-16/h6-9,14H,5,10-13H2,1-4H3. The van der Waals surface area contributed by atoms with Crippen molar-refractivity contribution < 1.29 is 12.8 Å². The molecule has 2 aromatic rings. The fourth-order valence-electron chi connectivity index (χ4n) is 3.06. The van der Waals surface area contributed by atoms with E-state index in [0.717, 1.165) is 12.1 Å². The Labute approximate surface area is 171 Å². The summed E-state index contributed by atoms with van der Waals surface area (Å²) in [6.07, 6.45) is 0.639. The minimum atomic E-state index is -3.67. The third-order valence-corrected chi connectivity index (χ3v) is 6.65. The molecule has 1 aromatic heterocycles. The van der Waals surface area contributed by atoms with Crippen molar-refractivity contribution in [1.29, 1.82) is 0 Å². The second-order valence-corrected chi connectivity index (χ2v) is 9.48. The predicted octanol–water partition coefficient (Wildman–Crippen LogP) is 2.10. The van der Waals surface area contributed by atoms with E-state index in [2.05, 4.69) is 15.0 Å². The minimum Gasteiger partial charge on any atom is -0.347 e.